The Kier molecular flexibility index (Phi) is 1.37. The van der Waals surface area contributed by atoms with E-state index in [2.05, 4.69) is 19.9 Å². The molecule has 2 heterocycles. The Hall–Kier alpha value is -1.71. The van der Waals surface area contributed by atoms with Crippen molar-refractivity contribution < 1.29 is 0 Å². The summed E-state index contributed by atoms with van der Waals surface area (Å²) in [5.41, 5.74) is 0.910. The van der Waals surface area contributed by atoms with E-state index in [1.54, 1.807) is 0 Å². The van der Waals surface area contributed by atoms with E-state index in [0.29, 0.717) is 5.82 Å². The molecule has 0 aliphatic rings. The highest BCUT2D eigenvalue weighted by Gasteiger charge is 1.97. The lowest BCUT2D eigenvalue weighted by atomic mass is 10.4. The number of hydrogen-bond donors (Lipinski definition) is 1. The molecule has 0 atom stereocenters. The highest BCUT2D eigenvalue weighted by molar-refractivity contribution is 5.47. The van der Waals surface area contributed by atoms with Crippen molar-refractivity contribution in [1.29, 1.82) is 0 Å². The Morgan fingerprint density at radius 2 is 2.00 bits per heavy atom. The quantitative estimate of drug-likeness (QED) is 0.649. The molecule has 0 aliphatic heterocycles. The van der Waals surface area contributed by atoms with Crippen molar-refractivity contribution in [3.05, 3.63) is 31.0 Å². The van der Waals surface area contributed by atoms with Gasteiger partial charge >= 0.3 is 0 Å². The standard InChI is InChI=1S/C7H6N4/c1-2-6(9-3-1)7-10-4-8-5-11-7/h1-5,9H. The van der Waals surface area contributed by atoms with Gasteiger partial charge in [0.05, 0.1) is 5.69 Å². The lowest BCUT2D eigenvalue weighted by molar-refractivity contribution is 1.05. The minimum Gasteiger partial charge on any atom is -0.359 e. The molecule has 2 aromatic heterocycles. The fourth-order valence-corrected chi connectivity index (χ4v) is 0.848. The largest absolute Gasteiger partial charge is 0.359 e. The van der Waals surface area contributed by atoms with Crippen LogP contribution < -0.4 is 0 Å². The molecule has 0 amide bonds. The summed E-state index contributed by atoms with van der Waals surface area (Å²) in [6, 6.07) is 3.81. The summed E-state index contributed by atoms with van der Waals surface area (Å²) >= 11 is 0. The summed E-state index contributed by atoms with van der Waals surface area (Å²) in [5.74, 6) is 0.671. The van der Waals surface area contributed by atoms with Crippen LogP contribution in [0.15, 0.2) is 31.0 Å². The fraction of sp³-hybridized carbons (Fsp3) is 0. The normalized spacial score (nSPS) is 9.82. The molecule has 4 nitrogen and oxygen atoms in total. The molecule has 4 heteroatoms. The average molecular weight is 146 g/mol. The van der Waals surface area contributed by atoms with Gasteiger partial charge in [0, 0.05) is 6.20 Å². The SMILES string of the molecule is c1c[nH]c(-c2ncncn2)c1. The summed E-state index contributed by atoms with van der Waals surface area (Å²) < 4.78 is 0. The number of H-pyrrole nitrogens is 1. The van der Waals surface area contributed by atoms with E-state index in [4.69, 9.17) is 0 Å². The Labute approximate surface area is 63.4 Å². The smallest absolute Gasteiger partial charge is 0.178 e. The zero-order valence-corrected chi connectivity index (χ0v) is 5.73. The van der Waals surface area contributed by atoms with Crippen molar-refractivity contribution in [3.63, 3.8) is 0 Å². The van der Waals surface area contributed by atoms with E-state index in [9.17, 15) is 0 Å². The highest BCUT2D eigenvalue weighted by atomic mass is 15.0. The third kappa shape index (κ3) is 1.10. The molecular weight excluding hydrogens is 140 g/mol. The molecule has 11 heavy (non-hydrogen) atoms. The molecule has 0 aliphatic carbocycles. The fourth-order valence-electron chi connectivity index (χ4n) is 0.848. The van der Waals surface area contributed by atoms with Gasteiger partial charge in [-0.05, 0) is 12.1 Å². The maximum Gasteiger partial charge on any atom is 0.178 e. The second-order valence-corrected chi connectivity index (χ2v) is 2.05. The molecule has 0 saturated heterocycles. The third-order valence-electron chi connectivity index (χ3n) is 1.33. The molecule has 0 unspecified atom stereocenters. The van der Waals surface area contributed by atoms with Crippen LogP contribution in [-0.4, -0.2) is 19.9 Å². The molecule has 0 fully saturated rings. The molecule has 54 valence electrons. The minimum absolute atomic E-state index is 0.671. The number of hydrogen-bond acceptors (Lipinski definition) is 3. The Morgan fingerprint density at radius 3 is 2.64 bits per heavy atom. The van der Waals surface area contributed by atoms with Crippen LogP contribution in [0.1, 0.15) is 0 Å². The number of nitrogens with zero attached hydrogens (tertiary/aromatic N) is 3. The molecule has 0 aromatic carbocycles. The maximum atomic E-state index is 3.97. The molecular formula is C7H6N4. The number of rotatable bonds is 1. The van der Waals surface area contributed by atoms with Crippen LogP contribution in [0.2, 0.25) is 0 Å². The van der Waals surface area contributed by atoms with E-state index in [1.807, 2.05) is 18.3 Å². The van der Waals surface area contributed by atoms with Crippen LogP contribution in [0, 0.1) is 0 Å². The first-order valence-electron chi connectivity index (χ1n) is 3.22. The summed E-state index contributed by atoms with van der Waals surface area (Å²) in [6.07, 6.45) is 4.78. The van der Waals surface area contributed by atoms with Crippen LogP contribution in [0.3, 0.4) is 0 Å². The van der Waals surface area contributed by atoms with Gasteiger partial charge in [0.1, 0.15) is 12.7 Å². The van der Waals surface area contributed by atoms with Crippen molar-refractivity contribution >= 4 is 0 Å². The first-order chi connectivity index (χ1) is 5.47. The molecule has 0 saturated carbocycles. The summed E-state index contributed by atoms with van der Waals surface area (Å²) in [4.78, 5) is 14.7. The van der Waals surface area contributed by atoms with Gasteiger partial charge in [0.2, 0.25) is 0 Å². The predicted octanol–water partition coefficient (Wildman–Crippen LogP) is 0.867. The van der Waals surface area contributed by atoms with Gasteiger partial charge in [-0.15, -0.1) is 0 Å². The molecule has 0 bridgehead atoms. The minimum atomic E-state index is 0.671. The van der Waals surface area contributed by atoms with Gasteiger partial charge in [0.15, 0.2) is 5.82 Å². The van der Waals surface area contributed by atoms with Crippen LogP contribution in [0.5, 0.6) is 0 Å². The molecule has 2 rings (SSSR count). The van der Waals surface area contributed by atoms with E-state index in [1.165, 1.54) is 12.7 Å². The Balaban J connectivity index is 2.46. The van der Waals surface area contributed by atoms with E-state index in [0.717, 1.165) is 5.69 Å². The molecule has 2 aromatic rings. The lowest BCUT2D eigenvalue weighted by Crippen LogP contribution is -1.87. The first-order valence-corrected chi connectivity index (χ1v) is 3.22. The van der Waals surface area contributed by atoms with Crippen molar-refractivity contribution in [2.75, 3.05) is 0 Å². The number of aromatic nitrogens is 4. The zero-order valence-electron chi connectivity index (χ0n) is 5.73. The summed E-state index contributed by atoms with van der Waals surface area (Å²) in [7, 11) is 0. The van der Waals surface area contributed by atoms with E-state index < -0.39 is 0 Å². The van der Waals surface area contributed by atoms with Gasteiger partial charge in [-0.1, -0.05) is 0 Å². The highest BCUT2D eigenvalue weighted by Crippen LogP contribution is 2.07. The van der Waals surface area contributed by atoms with E-state index in [-0.39, 0.29) is 0 Å². The first kappa shape index (κ1) is 6.03. The van der Waals surface area contributed by atoms with Crippen molar-refractivity contribution in [2.45, 2.75) is 0 Å². The Morgan fingerprint density at radius 1 is 1.18 bits per heavy atom. The maximum absolute atomic E-state index is 3.97. The second-order valence-electron chi connectivity index (χ2n) is 2.05. The van der Waals surface area contributed by atoms with E-state index >= 15 is 0 Å². The van der Waals surface area contributed by atoms with Crippen LogP contribution in [-0.2, 0) is 0 Å². The number of aromatic amines is 1. The van der Waals surface area contributed by atoms with Gasteiger partial charge in [-0.2, -0.15) is 0 Å². The number of nitrogens with one attached hydrogen (secondary N) is 1. The average Bonchev–Trinajstić information content (AvgIpc) is 2.58. The molecule has 1 N–H and O–H groups in total. The monoisotopic (exact) mass is 146 g/mol. The van der Waals surface area contributed by atoms with Gasteiger partial charge in [0.25, 0.3) is 0 Å². The second kappa shape index (κ2) is 2.49. The topological polar surface area (TPSA) is 54.5 Å². The predicted molar refractivity (Wildman–Crippen MR) is 39.6 cm³/mol. The van der Waals surface area contributed by atoms with Crippen molar-refractivity contribution in [2.24, 2.45) is 0 Å². The van der Waals surface area contributed by atoms with Crippen LogP contribution in [0.4, 0.5) is 0 Å². The van der Waals surface area contributed by atoms with Gasteiger partial charge < -0.3 is 4.98 Å². The van der Waals surface area contributed by atoms with Gasteiger partial charge in [-0.25, -0.2) is 15.0 Å². The lowest BCUT2D eigenvalue weighted by Gasteiger charge is -1.91. The van der Waals surface area contributed by atoms with Crippen LogP contribution in [0.25, 0.3) is 11.5 Å². The van der Waals surface area contributed by atoms with Crippen LogP contribution >= 0.6 is 0 Å². The Bertz CT molecular complexity index is 313. The van der Waals surface area contributed by atoms with Crippen molar-refractivity contribution in [3.8, 4) is 11.5 Å². The zero-order chi connectivity index (χ0) is 7.52. The summed E-state index contributed by atoms with van der Waals surface area (Å²) in [6.45, 7) is 0. The van der Waals surface area contributed by atoms with Gasteiger partial charge in [-0.3, -0.25) is 0 Å². The summed E-state index contributed by atoms with van der Waals surface area (Å²) in [5, 5.41) is 0. The van der Waals surface area contributed by atoms with Crippen molar-refractivity contribution in [1.82, 2.24) is 19.9 Å². The molecule has 0 radical (unpaired) electrons. The third-order valence-corrected chi connectivity index (χ3v) is 1.33. The molecule has 0 spiro atoms.